The Morgan fingerprint density at radius 1 is 1.11 bits per heavy atom. The quantitative estimate of drug-likeness (QED) is 0.561. The molecule has 0 spiro atoms. The van der Waals surface area contributed by atoms with Crippen molar-refractivity contribution in [3.05, 3.63) is 40.0 Å². The molecule has 1 aromatic heterocycles. The van der Waals surface area contributed by atoms with Crippen molar-refractivity contribution in [2.24, 2.45) is 17.8 Å². The minimum atomic E-state index is -0.235. The van der Waals surface area contributed by atoms with E-state index in [1.165, 1.54) is 38.5 Å². The molecule has 142 valence electrons. The van der Waals surface area contributed by atoms with Crippen LogP contribution in [0.1, 0.15) is 68.4 Å². The summed E-state index contributed by atoms with van der Waals surface area (Å²) < 4.78 is 6.53. The number of ether oxygens (including phenoxy) is 1. The average Bonchev–Trinajstić information content (AvgIpc) is 2.59. The van der Waals surface area contributed by atoms with Crippen LogP contribution < -0.4 is 0 Å². The number of halogens is 1. The maximum Gasteiger partial charge on any atom is 0.339 e. The summed E-state index contributed by atoms with van der Waals surface area (Å²) in [5.74, 6) is 2.32. The van der Waals surface area contributed by atoms with Gasteiger partial charge in [-0.2, -0.15) is 0 Å². The van der Waals surface area contributed by atoms with Gasteiger partial charge in [-0.1, -0.05) is 15.9 Å². The van der Waals surface area contributed by atoms with Gasteiger partial charge in [0.1, 0.15) is 0 Å². The predicted octanol–water partition coefficient (Wildman–Crippen LogP) is 6.03. The molecule has 4 aliphatic carbocycles. The molecule has 4 saturated carbocycles. The number of esters is 1. The first-order chi connectivity index (χ1) is 12.9. The molecule has 0 unspecified atom stereocenters. The Morgan fingerprint density at radius 3 is 2.33 bits per heavy atom. The van der Waals surface area contributed by atoms with E-state index in [4.69, 9.17) is 9.72 Å². The van der Waals surface area contributed by atoms with Crippen LogP contribution in [0.2, 0.25) is 0 Å². The molecular formula is C23H26BrNO2. The van der Waals surface area contributed by atoms with Crippen LogP contribution in [-0.4, -0.2) is 17.1 Å². The van der Waals surface area contributed by atoms with Crippen molar-refractivity contribution in [2.45, 2.75) is 63.9 Å². The topological polar surface area (TPSA) is 39.2 Å². The predicted molar refractivity (Wildman–Crippen MR) is 110 cm³/mol. The minimum absolute atomic E-state index is 0.129. The highest BCUT2D eigenvalue weighted by Gasteiger charge is 2.52. The van der Waals surface area contributed by atoms with E-state index in [1.807, 2.05) is 32.0 Å². The molecule has 4 bridgehead atoms. The molecule has 4 fully saturated rings. The van der Waals surface area contributed by atoms with Gasteiger partial charge in [-0.25, -0.2) is 4.79 Å². The van der Waals surface area contributed by atoms with Gasteiger partial charge in [-0.05, 0) is 94.4 Å². The maximum atomic E-state index is 12.9. The van der Waals surface area contributed by atoms with Gasteiger partial charge in [0.25, 0.3) is 0 Å². The van der Waals surface area contributed by atoms with E-state index in [-0.39, 0.29) is 17.5 Å². The summed E-state index contributed by atoms with van der Waals surface area (Å²) in [5.41, 5.74) is 2.87. The summed E-state index contributed by atoms with van der Waals surface area (Å²) in [7, 11) is 0. The molecule has 0 N–H and O–H groups in total. The number of nitrogens with zero attached hydrogens (tertiary/aromatic N) is 1. The van der Waals surface area contributed by atoms with Gasteiger partial charge in [0.15, 0.2) is 0 Å². The molecule has 27 heavy (non-hydrogen) atoms. The lowest BCUT2D eigenvalue weighted by Crippen LogP contribution is -2.49. The van der Waals surface area contributed by atoms with E-state index in [9.17, 15) is 4.79 Å². The third kappa shape index (κ3) is 3.00. The summed E-state index contributed by atoms with van der Waals surface area (Å²) >= 11 is 3.54. The van der Waals surface area contributed by atoms with E-state index in [0.717, 1.165) is 38.8 Å². The van der Waals surface area contributed by atoms with Gasteiger partial charge >= 0.3 is 5.97 Å². The standard InChI is InChI=1S/C23H26BrNO2/c1-13(2)27-22(26)19-9-21(25-20-4-3-17(24)8-18(19)20)23-10-14-5-15(11-23)7-16(6-14)12-23/h3-4,8-9,13-16H,5-7,10-12H2,1-2H3. The fraction of sp³-hybridized carbons (Fsp3) is 0.565. The van der Waals surface area contributed by atoms with E-state index >= 15 is 0 Å². The summed E-state index contributed by atoms with van der Waals surface area (Å²) in [6.07, 6.45) is 7.81. The number of hydrogen-bond acceptors (Lipinski definition) is 3. The lowest BCUT2D eigenvalue weighted by molar-refractivity contribution is -0.00711. The van der Waals surface area contributed by atoms with Crippen LogP contribution in [0.15, 0.2) is 28.7 Å². The van der Waals surface area contributed by atoms with Gasteiger partial charge < -0.3 is 4.74 Å². The molecular weight excluding hydrogens is 402 g/mol. The number of benzene rings is 1. The molecule has 6 rings (SSSR count). The second kappa shape index (κ2) is 6.30. The van der Waals surface area contributed by atoms with Gasteiger partial charge in [0.05, 0.1) is 17.2 Å². The molecule has 4 heteroatoms. The van der Waals surface area contributed by atoms with E-state index < -0.39 is 0 Å². The largest absolute Gasteiger partial charge is 0.459 e. The van der Waals surface area contributed by atoms with Gasteiger partial charge in [-0.3, -0.25) is 4.98 Å². The summed E-state index contributed by atoms with van der Waals surface area (Å²) in [4.78, 5) is 18.0. The van der Waals surface area contributed by atoms with Crippen LogP contribution >= 0.6 is 15.9 Å². The lowest BCUT2D eigenvalue weighted by Gasteiger charge is -2.56. The first kappa shape index (κ1) is 17.7. The minimum Gasteiger partial charge on any atom is -0.459 e. The van der Waals surface area contributed by atoms with Crippen molar-refractivity contribution in [3.63, 3.8) is 0 Å². The van der Waals surface area contributed by atoms with Crippen LogP contribution in [0.25, 0.3) is 10.9 Å². The molecule has 0 saturated heterocycles. The third-order valence-electron chi connectivity index (χ3n) is 6.91. The smallest absolute Gasteiger partial charge is 0.339 e. The molecule has 1 heterocycles. The Kier molecular flexibility index (Phi) is 4.12. The van der Waals surface area contributed by atoms with Crippen molar-refractivity contribution in [1.82, 2.24) is 4.98 Å². The molecule has 1 aromatic carbocycles. The number of carbonyl (C=O) groups excluding carboxylic acids is 1. The first-order valence-corrected chi connectivity index (χ1v) is 11.0. The number of hydrogen-bond donors (Lipinski definition) is 0. The Hall–Kier alpha value is -1.42. The summed E-state index contributed by atoms with van der Waals surface area (Å²) in [6, 6.07) is 8.08. The fourth-order valence-electron chi connectivity index (χ4n) is 6.34. The van der Waals surface area contributed by atoms with Crippen LogP contribution in [0.5, 0.6) is 0 Å². The summed E-state index contributed by atoms with van der Waals surface area (Å²) in [6.45, 7) is 3.80. The molecule has 0 amide bonds. The highest BCUT2D eigenvalue weighted by atomic mass is 79.9. The van der Waals surface area contributed by atoms with Gasteiger partial charge in [0, 0.05) is 21.0 Å². The third-order valence-corrected chi connectivity index (χ3v) is 7.41. The molecule has 0 atom stereocenters. The van der Waals surface area contributed by atoms with Gasteiger partial charge in [0.2, 0.25) is 0 Å². The van der Waals surface area contributed by atoms with Crippen molar-refractivity contribution < 1.29 is 9.53 Å². The van der Waals surface area contributed by atoms with Crippen LogP contribution in [0.4, 0.5) is 0 Å². The number of aromatic nitrogens is 1. The van der Waals surface area contributed by atoms with Crippen LogP contribution in [0.3, 0.4) is 0 Å². The van der Waals surface area contributed by atoms with E-state index in [2.05, 4.69) is 22.0 Å². The zero-order valence-corrected chi connectivity index (χ0v) is 17.6. The molecule has 0 aliphatic heterocycles. The second-order valence-electron chi connectivity index (χ2n) is 9.37. The molecule has 0 radical (unpaired) electrons. The Labute approximate surface area is 169 Å². The Morgan fingerprint density at radius 2 is 1.74 bits per heavy atom. The highest BCUT2D eigenvalue weighted by molar-refractivity contribution is 9.10. The van der Waals surface area contributed by atoms with E-state index in [1.54, 1.807) is 0 Å². The zero-order valence-electron chi connectivity index (χ0n) is 16.0. The Bertz CT molecular complexity index is 885. The average molecular weight is 428 g/mol. The monoisotopic (exact) mass is 427 g/mol. The van der Waals surface area contributed by atoms with Crippen molar-refractivity contribution in [2.75, 3.05) is 0 Å². The fourth-order valence-corrected chi connectivity index (χ4v) is 6.70. The lowest BCUT2D eigenvalue weighted by atomic mass is 9.48. The SMILES string of the molecule is CC(C)OC(=O)c1cc(C23CC4CC(CC(C4)C2)C3)nc2ccc(Br)cc12. The van der Waals surface area contributed by atoms with E-state index in [0.29, 0.717) is 5.56 Å². The zero-order chi connectivity index (χ0) is 18.8. The van der Waals surface area contributed by atoms with Crippen molar-refractivity contribution in [3.8, 4) is 0 Å². The molecule has 2 aromatic rings. The Balaban J connectivity index is 1.65. The normalized spacial score (nSPS) is 31.6. The first-order valence-electron chi connectivity index (χ1n) is 10.2. The van der Waals surface area contributed by atoms with Crippen LogP contribution in [0, 0.1) is 17.8 Å². The highest BCUT2D eigenvalue weighted by Crippen LogP contribution is 2.60. The number of pyridine rings is 1. The van der Waals surface area contributed by atoms with Crippen molar-refractivity contribution in [1.29, 1.82) is 0 Å². The van der Waals surface area contributed by atoms with Gasteiger partial charge in [-0.15, -0.1) is 0 Å². The van der Waals surface area contributed by atoms with Crippen LogP contribution in [-0.2, 0) is 10.2 Å². The second-order valence-corrected chi connectivity index (χ2v) is 10.3. The number of rotatable bonds is 3. The number of fused-ring (bicyclic) bond motifs is 1. The maximum absolute atomic E-state index is 12.9. The number of carbonyl (C=O) groups is 1. The summed E-state index contributed by atoms with van der Waals surface area (Å²) in [5, 5.41) is 0.878. The van der Waals surface area contributed by atoms with Crippen molar-refractivity contribution >= 4 is 32.8 Å². The molecule has 4 aliphatic rings. The molecule has 3 nitrogen and oxygen atoms in total.